The van der Waals surface area contributed by atoms with Crippen molar-refractivity contribution in [3.8, 4) is 11.5 Å². The average Bonchev–Trinajstić information content (AvgIpc) is 2.73. The quantitative estimate of drug-likeness (QED) is 0.179. The van der Waals surface area contributed by atoms with Crippen LogP contribution in [-0.4, -0.2) is 42.1 Å². The number of carbonyl (C=O) groups is 2. The normalized spacial score (nSPS) is 11.2. The highest BCUT2D eigenvalue weighted by Gasteiger charge is 2.16. The predicted molar refractivity (Wildman–Crippen MR) is 133 cm³/mol. The Kier molecular flexibility index (Phi) is 14.9. The number of carbonyl (C=O) groups excluding carboxylic acids is 2. The van der Waals surface area contributed by atoms with Crippen LogP contribution >= 0.6 is 11.8 Å². The lowest BCUT2D eigenvalue weighted by molar-refractivity contribution is -0.154. The van der Waals surface area contributed by atoms with Gasteiger partial charge < -0.3 is 14.2 Å². The van der Waals surface area contributed by atoms with Crippen molar-refractivity contribution in [3.63, 3.8) is 0 Å². The van der Waals surface area contributed by atoms with Crippen LogP contribution < -0.4 is 9.47 Å². The van der Waals surface area contributed by atoms with E-state index in [9.17, 15) is 9.59 Å². The van der Waals surface area contributed by atoms with Crippen LogP contribution in [-0.2, 0) is 14.3 Å². The minimum atomic E-state index is -0.475. The van der Waals surface area contributed by atoms with Gasteiger partial charge in [0.25, 0.3) is 0 Å². The number of ether oxygens (including phenoxy) is 3. The van der Waals surface area contributed by atoms with Gasteiger partial charge >= 0.3 is 5.97 Å². The van der Waals surface area contributed by atoms with Crippen LogP contribution in [0.15, 0.2) is 24.3 Å². The number of thioether (sulfide) groups is 1. The Bertz CT molecular complexity index is 654. The second kappa shape index (κ2) is 16.9. The van der Waals surface area contributed by atoms with Crippen molar-refractivity contribution >= 4 is 23.5 Å². The molecule has 0 radical (unpaired) electrons. The first kappa shape index (κ1) is 28.3. The molecule has 0 amide bonds. The molecule has 0 saturated carbocycles. The molecule has 0 unspecified atom stereocenters. The van der Waals surface area contributed by atoms with Gasteiger partial charge in [-0.15, -0.1) is 0 Å². The smallest absolute Gasteiger partial charge is 0.307 e. The molecule has 182 valence electrons. The number of hydrogen-bond acceptors (Lipinski definition) is 6. The largest absolute Gasteiger partial charge is 0.493 e. The lowest BCUT2D eigenvalue weighted by atomic mass is 10.1. The number of ketones is 1. The first-order valence-corrected chi connectivity index (χ1v) is 13.1. The molecule has 0 N–H and O–H groups in total. The molecule has 5 nitrogen and oxygen atoms in total. The Morgan fingerprint density at radius 2 is 1.53 bits per heavy atom. The topological polar surface area (TPSA) is 61.8 Å². The molecule has 1 rings (SSSR count). The van der Waals surface area contributed by atoms with E-state index in [2.05, 4.69) is 6.92 Å². The van der Waals surface area contributed by atoms with Gasteiger partial charge in [0.05, 0.1) is 18.8 Å². The Morgan fingerprint density at radius 1 is 0.906 bits per heavy atom. The van der Waals surface area contributed by atoms with Crippen LogP contribution in [0.1, 0.15) is 85.5 Å². The first-order chi connectivity index (χ1) is 15.3. The van der Waals surface area contributed by atoms with E-state index in [1.807, 2.05) is 45.0 Å². The Morgan fingerprint density at radius 3 is 2.19 bits per heavy atom. The summed E-state index contributed by atoms with van der Waals surface area (Å²) in [6.07, 6.45) is 10.5. The van der Waals surface area contributed by atoms with E-state index in [4.69, 9.17) is 14.2 Å². The van der Waals surface area contributed by atoms with Crippen LogP contribution in [0.3, 0.4) is 0 Å². The second-order valence-corrected chi connectivity index (χ2v) is 10.1. The van der Waals surface area contributed by atoms with Gasteiger partial charge in [0, 0.05) is 11.8 Å². The van der Waals surface area contributed by atoms with Crippen molar-refractivity contribution < 1.29 is 23.8 Å². The second-order valence-electron chi connectivity index (χ2n) is 9.01. The van der Waals surface area contributed by atoms with Gasteiger partial charge in [0.15, 0.2) is 5.78 Å². The standard InChI is InChI=1S/C26H42O5S/c1-5-6-7-8-9-10-11-12-17-29-23-14-13-15-24(19-23)30-20-22(27)21-32-18-16-25(28)31-26(2,3)4/h13-15,19H,5-12,16-18,20-21H2,1-4H3. The molecule has 1 aromatic carbocycles. The van der Waals surface area contributed by atoms with Gasteiger partial charge in [-0.25, -0.2) is 0 Å². The Labute approximate surface area is 199 Å². The molecule has 0 aliphatic heterocycles. The lowest BCUT2D eigenvalue weighted by Gasteiger charge is -2.19. The van der Waals surface area contributed by atoms with Crippen LogP contribution in [0, 0.1) is 0 Å². The zero-order chi connectivity index (χ0) is 23.7. The Hall–Kier alpha value is -1.69. The molecule has 6 heteroatoms. The maximum Gasteiger partial charge on any atom is 0.307 e. The van der Waals surface area contributed by atoms with Crippen LogP contribution in [0.2, 0.25) is 0 Å². The summed E-state index contributed by atoms with van der Waals surface area (Å²) in [5.74, 6) is 2.03. The summed E-state index contributed by atoms with van der Waals surface area (Å²) in [4.78, 5) is 23.7. The van der Waals surface area contributed by atoms with E-state index in [1.165, 1.54) is 56.7 Å². The van der Waals surface area contributed by atoms with E-state index >= 15 is 0 Å². The van der Waals surface area contributed by atoms with Gasteiger partial charge in [0.2, 0.25) is 0 Å². The first-order valence-electron chi connectivity index (χ1n) is 12.0. The van der Waals surface area contributed by atoms with E-state index in [0.717, 1.165) is 12.2 Å². The summed E-state index contributed by atoms with van der Waals surface area (Å²) in [5.41, 5.74) is -0.475. The van der Waals surface area contributed by atoms with Gasteiger partial charge in [0.1, 0.15) is 23.7 Å². The summed E-state index contributed by atoms with van der Waals surface area (Å²) in [6, 6.07) is 7.43. The summed E-state index contributed by atoms with van der Waals surface area (Å²) in [5, 5.41) is 0. The summed E-state index contributed by atoms with van der Waals surface area (Å²) >= 11 is 1.42. The Balaban J connectivity index is 2.14. The average molecular weight is 467 g/mol. The highest BCUT2D eigenvalue weighted by molar-refractivity contribution is 7.99. The lowest BCUT2D eigenvalue weighted by Crippen LogP contribution is -2.24. The number of Topliss-reactive ketones (excluding diaryl/α,β-unsaturated/α-hetero) is 1. The maximum absolute atomic E-state index is 12.0. The molecule has 0 heterocycles. The maximum atomic E-state index is 12.0. The SMILES string of the molecule is CCCCCCCCCCOc1cccc(OCC(=O)CSCCC(=O)OC(C)(C)C)c1. The molecule has 32 heavy (non-hydrogen) atoms. The van der Waals surface area contributed by atoms with Crippen LogP contribution in [0.4, 0.5) is 0 Å². The molecule has 0 fully saturated rings. The zero-order valence-corrected chi connectivity index (χ0v) is 21.3. The molecule has 0 spiro atoms. The van der Waals surface area contributed by atoms with Crippen molar-refractivity contribution in [1.29, 1.82) is 0 Å². The minimum absolute atomic E-state index is 0.00977. The van der Waals surface area contributed by atoms with Gasteiger partial charge in [-0.1, -0.05) is 57.9 Å². The molecule has 0 aliphatic carbocycles. The third-order valence-electron chi connectivity index (χ3n) is 4.61. The highest BCUT2D eigenvalue weighted by atomic mass is 32.2. The van der Waals surface area contributed by atoms with E-state index in [1.54, 1.807) is 0 Å². The van der Waals surface area contributed by atoms with Crippen molar-refractivity contribution in [3.05, 3.63) is 24.3 Å². The molecular formula is C26H42O5S. The van der Waals surface area contributed by atoms with Crippen molar-refractivity contribution in [2.24, 2.45) is 0 Å². The number of unbranched alkanes of at least 4 members (excludes halogenated alkanes) is 7. The van der Waals surface area contributed by atoms with Crippen LogP contribution in [0.25, 0.3) is 0 Å². The van der Waals surface area contributed by atoms with Gasteiger partial charge in [-0.3, -0.25) is 9.59 Å². The molecule has 0 bridgehead atoms. The summed E-state index contributed by atoms with van der Waals surface area (Å²) < 4.78 is 16.7. The molecule has 0 saturated heterocycles. The molecular weight excluding hydrogens is 424 g/mol. The number of rotatable bonds is 18. The van der Waals surface area contributed by atoms with Gasteiger partial charge in [-0.2, -0.15) is 11.8 Å². The fourth-order valence-electron chi connectivity index (χ4n) is 3.02. The van der Waals surface area contributed by atoms with E-state index < -0.39 is 5.60 Å². The monoisotopic (exact) mass is 466 g/mol. The highest BCUT2D eigenvalue weighted by Crippen LogP contribution is 2.20. The number of benzene rings is 1. The third-order valence-corrected chi connectivity index (χ3v) is 5.62. The van der Waals surface area contributed by atoms with Crippen LogP contribution in [0.5, 0.6) is 11.5 Å². The van der Waals surface area contributed by atoms with Gasteiger partial charge in [-0.05, 0) is 39.3 Å². The predicted octanol–water partition coefficient (Wildman–Crippen LogP) is 6.62. The van der Waals surface area contributed by atoms with Crippen molar-refractivity contribution in [1.82, 2.24) is 0 Å². The number of esters is 1. The summed E-state index contributed by atoms with van der Waals surface area (Å²) in [7, 11) is 0. The van der Waals surface area contributed by atoms with Crippen molar-refractivity contribution in [2.75, 3.05) is 24.7 Å². The minimum Gasteiger partial charge on any atom is -0.493 e. The molecule has 0 aromatic heterocycles. The number of hydrogen-bond donors (Lipinski definition) is 0. The van der Waals surface area contributed by atoms with E-state index in [0.29, 0.717) is 30.3 Å². The third kappa shape index (κ3) is 16.0. The fourth-order valence-corrected chi connectivity index (χ4v) is 3.79. The molecule has 1 aromatic rings. The fraction of sp³-hybridized carbons (Fsp3) is 0.692. The summed E-state index contributed by atoms with van der Waals surface area (Å²) in [6.45, 7) is 8.48. The molecule has 0 atom stereocenters. The van der Waals surface area contributed by atoms with E-state index in [-0.39, 0.29) is 18.4 Å². The molecule has 0 aliphatic rings. The zero-order valence-electron chi connectivity index (χ0n) is 20.5. The van der Waals surface area contributed by atoms with Crippen molar-refractivity contribution in [2.45, 2.75) is 91.1 Å².